The number of carbonyl (C=O) groups excluding carboxylic acids is 1. The number of alkyl halides is 3. The molecule has 0 atom stereocenters. The van der Waals surface area contributed by atoms with Crippen LogP contribution in [-0.4, -0.2) is 58.7 Å². The molecule has 0 spiro atoms. The maximum atomic E-state index is 13.9. The Kier molecular flexibility index (Phi) is 6.74. The molecule has 5 rings (SSSR count). The van der Waals surface area contributed by atoms with Crippen LogP contribution in [0, 0.1) is 0 Å². The van der Waals surface area contributed by atoms with Gasteiger partial charge in [-0.05, 0) is 36.4 Å². The van der Waals surface area contributed by atoms with E-state index in [1.165, 1.54) is 6.07 Å². The molecule has 0 saturated carbocycles. The Hall–Kier alpha value is -4.08. The van der Waals surface area contributed by atoms with E-state index in [1.54, 1.807) is 28.7 Å². The first kappa shape index (κ1) is 26.5. The van der Waals surface area contributed by atoms with E-state index in [2.05, 4.69) is 0 Å². The molecular weight excluding hydrogens is 507 g/mol. The third kappa shape index (κ3) is 5.41. The molecule has 0 N–H and O–H groups in total. The fourth-order valence-electron chi connectivity index (χ4n) is 4.63. The molecule has 1 amide bonds. The molecule has 1 aliphatic rings. The van der Waals surface area contributed by atoms with Gasteiger partial charge < -0.3 is 14.5 Å². The normalized spacial score (nSPS) is 14.6. The molecule has 39 heavy (non-hydrogen) atoms. The predicted octanol–water partition coefficient (Wildman–Crippen LogP) is 5.68. The Balaban J connectivity index is 1.46. The van der Waals surface area contributed by atoms with Gasteiger partial charge in [0.2, 0.25) is 0 Å². The van der Waals surface area contributed by atoms with Crippen LogP contribution in [0.2, 0.25) is 0 Å². The van der Waals surface area contributed by atoms with Crippen molar-refractivity contribution in [2.24, 2.45) is 0 Å². The summed E-state index contributed by atoms with van der Waals surface area (Å²) >= 11 is 0. The van der Waals surface area contributed by atoms with E-state index >= 15 is 0 Å². The van der Waals surface area contributed by atoms with Crippen molar-refractivity contribution in [3.05, 3.63) is 77.6 Å². The quantitative estimate of drug-likeness (QED) is 0.335. The van der Waals surface area contributed by atoms with Gasteiger partial charge in [-0.2, -0.15) is 18.3 Å². The molecule has 4 aromatic rings. The van der Waals surface area contributed by atoms with Crippen LogP contribution >= 0.6 is 0 Å². The second-order valence-electron chi connectivity index (χ2n) is 10.6. The zero-order valence-electron chi connectivity index (χ0n) is 22.3. The lowest BCUT2D eigenvalue weighted by atomic mass is 9.93. The molecule has 7 nitrogen and oxygen atoms in total. The Morgan fingerprint density at radius 3 is 2.31 bits per heavy atom. The van der Waals surface area contributed by atoms with Gasteiger partial charge in [0.1, 0.15) is 11.4 Å². The molecule has 204 valence electrons. The molecule has 1 fully saturated rings. The van der Waals surface area contributed by atoms with E-state index in [0.29, 0.717) is 54.7 Å². The second-order valence-corrected chi connectivity index (χ2v) is 10.6. The second kappa shape index (κ2) is 9.91. The molecule has 0 radical (unpaired) electrons. The average Bonchev–Trinajstić information content (AvgIpc) is 3.37. The number of piperazine rings is 1. The molecule has 2 aromatic heterocycles. The van der Waals surface area contributed by atoms with Crippen LogP contribution in [-0.2, 0) is 11.6 Å². The SMILES string of the molecule is COc1cccc(-c2cc(C(=O)N3CCN(c4cccc(C(F)(F)F)c4)CC3)n3nc(C(C)(C)C)cc3n2)c1. The highest BCUT2D eigenvalue weighted by Crippen LogP contribution is 2.32. The minimum atomic E-state index is -4.41. The molecule has 0 aliphatic carbocycles. The lowest BCUT2D eigenvalue weighted by molar-refractivity contribution is -0.137. The van der Waals surface area contributed by atoms with Crippen molar-refractivity contribution in [1.82, 2.24) is 19.5 Å². The van der Waals surface area contributed by atoms with Crippen LogP contribution in [0.3, 0.4) is 0 Å². The summed E-state index contributed by atoms with van der Waals surface area (Å²) in [7, 11) is 1.59. The van der Waals surface area contributed by atoms with E-state index in [9.17, 15) is 18.0 Å². The molecule has 1 aliphatic heterocycles. The minimum absolute atomic E-state index is 0.209. The number of hydrogen-bond acceptors (Lipinski definition) is 5. The van der Waals surface area contributed by atoms with Crippen LogP contribution in [0.5, 0.6) is 5.75 Å². The number of amides is 1. The number of anilines is 1. The van der Waals surface area contributed by atoms with Gasteiger partial charge in [0.05, 0.1) is 24.1 Å². The van der Waals surface area contributed by atoms with Crippen LogP contribution in [0.1, 0.15) is 42.5 Å². The van der Waals surface area contributed by atoms with Crippen LogP contribution in [0.25, 0.3) is 16.9 Å². The van der Waals surface area contributed by atoms with Gasteiger partial charge in [-0.15, -0.1) is 0 Å². The van der Waals surface area contributed by atoms with Crippen LogP contribution in [0.15, 0.2) is 60.7 Å². The van der Waals surface area contributed by atoms with Gasteiger partial charge >= 0.3 is 6.18 Å². The van der Waals surface area contributed by atoms with E-state index in [0.717, 1.165) is 23.4 Å². The molecule has 2 aromatic carbocycles. The zero-order valence-corrected chi connectivity index (χ0v) is 22.3. The van der Waals surface area contributed by atoms with E-state index in [4.69, 9.17) is 14.8 Å². The lowest BCUT2D eigenvalue weighted by Gasteiger charge is -2.36. The Morgan fingerprint density at radius 2 is 1.64 bits per heavy atom. The first-order chi connectivity index (χ1) is 18.4. The predicted molar refractivity (Wildman–Crippen MR) is 143 cm³/mol. The molecule has 0 unspecified atom stereocenters. The summed E-state index contributed by atoms with van der Waals surface area (Å²) in [6.07, 6.45) is -4.41. The maximum Gasteiger partial charge on any atom is 0.416 e. The summed E-state index contributed by atoms with van der Waals surface area (Å²) in [5.41, 5.74) is 2.72. The molecule has 10 heteroatoms. The number of carbonyl (C=O) groups is 1. The van der Waals surface area contributed by atoms with Crippen molar-refractivity contribution in [3.8, 4) is 17.0 Å². The number of rotatable bonds is 4. The smallest absolute Gasteiger partial charge is 0.416 e. The highest BCUT2D eigenvalue weighted by molar-refractivity contribution is 5.94. The molecule has 0 bridgehead atoms. The Morgan fingerprint density at radius 1 is 0.923 bits per heavy atom. The summed E-state index contributed by atoms with van der Waals surface area (Å²) in [4.78, 5) is 22.2. The topological polar surface area (TPSA) is 63.0 Å². The van der Waals surface area contributed by atoms with E-state index < -0.39 is 11.7 Å². The number of fused-ring (bicyclic) bond motifs is 1. The number of hydrogen-bond donors (Lipinski definition) is 0. The largest absolute Gasteiger partial charge is 0.497 e. The first-order valence-electron chi connectivity index (χ1n) is 12.7. The van der Waals surface area contributed by atoms with Crippen molar-refractivity contribution in [2.45, 2.75) is 32.4 Å². The van der Waals surface area contributed by atoms with Gasteiger partial charge in [0.15, 0.2) is 5.65 Å². The number of halogens is 3. The van der Waals surface area contributed by atoms with Crippen molar-refractivity contribution >= 4 is 17.2 Å². The zero-order chi connectivity index (χ0) is 27.9. The number of aromatic nitrogens is 3. The number of methoxy groups -OCH3 is 1. The first-order valence-corrected chi connectivity index (χ1v) is 12.7. The summed E-state index contributed by atoms with van der Waals surface area (Å²) in [6.45, 7) is 7.69. The summed E-state index contributed by atoms with van der Waals surface area (Å²) in [6, 6.07) is 16.4. The van der Waals surface area contributed by atoms with Crippen molar-refractivity contribution in [2.75, 3.05) is 38.2 Å². The van der Waals surface area contributed by atoms with Gasteiger partial charge in [0.25, 0.3) is 5.91 Å². The van der Waals surface area contributed by atoms with Crippen molar-refractivity contribution in [3.63, 3.8) is 0 Å². The fraction of sp³-hybridized carbons (Fsp3) is 0.345. The van der Waals surface area contributed by atoms with E-state index in [1.807, 2.05) is 56.0 Å². The fourth-order valence-corrected chi connectivity index (χ4v) is 4.63. The molecule has 3 heterocycles. The third-order valence-corrected chi connectivity index (χ3v) is 6.89. The van der Waals surface area contributed by atoms with Gasteiger partial charge in [-0.25, -0.2) is 9.50 Å². The van der Waals surface area contributed by atoms with Crippen LogP contribution in [0.4, 0.5) is 18.9 Å². The number of ether oxygens (including phenoxy) is 1. The summed E-state index contributed by atoms with van der Waals surface area (Å²) in [5, 5.41) is 4.73. The van der Waals surface area contributed by atoms with E-state index in [-0.39, 0.29) is 11.3 Å². The van der Waals surface area contributed by atoms with Crippen LogP contribution < -0.4 is 9.64 Å². The monoisotopic (exact) mass is 537 g/mol. The number of benzene rings is 2. The van der Waals surface area contributed by atoms with Gasteiger partial charge in [-0.3, -0.25) is 4.79 Å². The molecular formula is C29H30F3N5O2. The molecule has 1 saturated heterocycles. The van der Waals surface area contributed by atoms with Crippen molar-refractivity contribution in [1.29, 1.82) is 0 Å². The van der Waals surface area contributed by atoms with Crippen molar-refractivity contribution < 1.29 is 22.7 Å². The average molecular weight is 538 g/mol. The lowest BCUT2D eigenvalue weighted by Crippen LogP contribution is -2.49. The summed E-state index contributed by atoms with van der Waals surface area (Å²) in [5.74, 6) is 0.468. The van der Waals surface area contributed by atoms with Gasteiger partial charge in [-0.1, -0.05) is 39.0 Å². The highest BCUT2D eigenvalue weighted by Gasteiger charge is 2.32. The third-order valence-electron chi connectivity index (χ3n) is 6.89. The standard InChI is InChI=1S/C29H30F3N5O2/c1-28(2,3)25-18-26-33-23(19-7-5-10-22(15-19)39-4)17-24(37(26)34-25)27(38)36-13-11-35(12-14-36)21-9-6-8-20(16-21)29(30,31)32/h5-10,15-18H,11-14H2,1-4H3. The van der Waals surface area contributed by atoms with Gasteiger partial charge in [0, 0.05) is 48.9 Å². The Bertz CT molecular complexity index is 1520. The Labute approximate surface area is 224 Å². The maximum absolute atomic E-state index is 13.9. The minimum Gasteiger partial charge on any atom is -0.497 e. The highest BCUT2D eigenvalue weighted by atomic mass is 19.4. The summed E-state index contributed by atoms with van der Waals surface area (Å²) < 4.78 is 46.6. The number of nitrogens with zero attached hydrogens (tertiary/aromatic N) is 5.